The van der Waals surface area contributed by atoms with Crippen LogP contribution in [0, 0.1) is 5.92 Å². The fourth-order valence-electron chi connectivity index (χ4n) is 3.22. The molecule has 4 heteroatoms. The van der Waals surface area contributed by atoms with Gasteiger partial charge in [-0.15, -0.1) is 0 Å². The van der Waals surface area contributed by atoms with Crippen LogP contribution in [0.2, 0.25) is 0 Å². The summed E-state index contributed by atoms with van der Waals surface area (Å²) in [7, 11) is 0. The van der Waals surface area contributed by atoms with Crippen LogP contribution < -0.4 is 5.73 Å². The third kappa shape index (κ3) is 2.99. The van der Waals surface area contributed by atoms with Gasteiger partial charge in [-0.25, -0.2) is 0 Å². The summed E-state index contributed by atoms with van der Waals surface area (Å²) in [6, 6.07) is 0.520. The lowest BCUT2D eigenvalue weighted by atomic mass is 9.86. The third-order valence-corrected chi connectivity index (χ3v) is 4.57. The molecule has 0 aromatic heterocycles. The SMILES string of the molecule is CC1COCCN1CCC1CCCC1(N)CO. The Morgan fingerprint density at radius 2 is 2.35 bits per heavy atom. The number of rotatable bonds is 4. The van der Waals surface area contributed by atoms with Crippen molar-refractivity contribution in [2.45, 2.75) is 44.2 Å². The second-order valence-corrected chi connectivity index (χ2v) is 5.73. The predicted molar refractivity (Wildman–Crippen MR) is 67.8 cm³/mol. The van der Waals surface area contributed by atoms with Gasteiger partial charge in [0.1, 0.15) is 0 Å². The van der Waals surface area contributed by atoms with E-state index in [9.17, 15) is 5.11 Å². The van der Waals surface area contributed by atoms with Crippen molar-refractivity contribution in [3.8, 4) is 0 Å². The molecule has 2 fully saturated rings. The number of aliphatic hydroxyl groups is 1. The van der Waals surface area contributed by atoms with Crippen LogP contribution in [0.3, 0.4) is 0 Å². The van der Waals surface area contributed by atoms with Crippen molar-refractivity contribution in [1.82, 2.24) is 4.90 Å². The predicted octanol–water partition coefficient (Wildman–Crippen LogP) is 0.587. The highest BCUT2D eigenvalue weighted by Crippen LogP contribution is 2.35. The van der Waals surface area contributed by atoms with Gasteiger partial charge in [0, 0.05) is 18.1 Å². The quantitative estimate of drug-likeness (QED) is 0.757. The van der Waals surface area contributed by atoms with Crippen molar-refractivity contribution in [3.63, 3.8) is 0 Å². The molecular formula is C13H26N2O2. The van der Waals surface area contributed by atoms with Crippen molar-refractivity contribution >= 4 is 0 Å². The molecule has 1 aliphatic heterocycles. The molecule has 0 spiro atoms. The van der Waals surface area contributed by atoms with Gasteiger partial charge >= 0.3 is 0 Å². The Morgan fingerprint density at radius 1 is 1.53 bits per heavy atom. The van der Waals surface area contributed by atoms with Gasteiger partial charge in [0.15, 0.2) is 0 Å². The molecule has 0 amide bonds. The molecule has 3 atom stereocenters. The van der Waals surface area contributed by atoms with Crippen LogP contribution in [0.5, 0.6) is 0 Å². The summed E-state index contributed by atoms with van der Waals surface area (Å²) in [5.74, 6) is 0.488. The zero-order valence-electron chi connectivity index (χ0n) is 10.9. The smallest absolute Gasteiger partial charge is 0.0619 e. The highest BCUT2D eigenvalue weighted by atomic mass is 16.5. The molecule has 1 saturated heterocycles. The highest BCUT2D eigenvalue weighted by molar-refractivity contribution is 4.96. The van der Waals surface area contributed by atoms with Gasteiger partial charge in [0.25, 0.3) is 0 Å². The van der Waals surface area contributed by atoms with Crippen LogP contribution >= 0.6 is 0 Å². The molecule has 0 radical (unpaired) electrons. The van der Waals surface area contributed by atoms with Crippen LogP contribution in [0.4, 0.5) is 0 Å². The average Bonchev–Trinajstić information content (AvgIpc) is 2.71. The minimum atomic E-state index is -0.310. The van der Waals surface area contributed by atoms with Crippen molar-refractivity contribution in [2.75, 3.05) is 32.9 Å². The minimum Gasteiger partial charge on any atom is -0.394 e. The summed E-state index contributed by atoms with van der Waals surface area (Å²) in [5.41, 5.74) is 5.95. The number of morpholine rings is 1. The molecule has 2 aliphatic rings. The Balaban J connectivity index is 1.81. The van der Waals surface area contributed by atoms with E-state index in [4.69, 9.17) is 10.5 Å². The molecule has 0 bridgehead atoms. The number of hydrogen-bond acceptors (Lipinski definition) is 4. The first-order chi connectivity index (χ1) is 8.15. The number of nitrogens with two attached hydrogens (primary N) is 1. The Kier molecular flexibility index (Phi) is 4.42. The summed E-state index contributed by atoms with van der Waals surface area (Å²) < 4.78 is 5.44. The van der Waals surface area contributed by atoms with E-state index >= 15 is 0 Å². The maximum Gasteiger partial charge on any atom is 0.0619 e. The fourth-order valence-corrected chi connectivity index (χ4v) is 3.22. The first-order valence-corrected chi connectivity index (χ1v) is 6.87. The summed E-state index contributed by atoms with van der Waals surface area (Å²) in [4.78, 5) is 2.49. The summed E-state index contributed by atoms with van der Waals surface area (Å²) in [6.45, 7) is 6.17. The lowest BCUT2D eigenvalue weighted by molar-refractivity contribution is -0.00433. The number of aliphatic hydroxyl groups excluding tert-OH is 1. The molecule has 0 aromatic carbocycles. The van der Waals surface area contributed by atoms with Crippen LogP contribution in [-0.4, -0.2) is 54.5 Å². The van der Waals surface area contributed by atoms with Crippen LogP contribution in [0.1, 0.15) is 32.6 Å². The third-order valence-electron chi connectivity index (χ3n) is 4.57. The van der Waals surface area contributed by atoms with Crippen molar-refractivity contribution < 1.29 is 9.84 Å². The van der Waals surface area contributed by atoms with E-state index in [0.29, 0.717) is 12.0 Å². The number of ether oxygens (including phenoxy) is 1. The molecule has 1 saturated carbocycles. The van der Waals surface area contributed by atoms with Gasteiger partial charge in [0.2, 0.25) is 0 Å². The molecule has 2 rings (SSSR count). The van der Waals surface area contributed by atoms with Crippen molar-refractivity contribution in [2.24, 2.45) is 11.7 Å². The summed E-state index contributed by atoms with van der Waals surface area (Å²) in [6.07, 6.45) is 4.43. The van der Waals surface area contributed by atoms with Crippen molar-refractivity contribution in [1.29, 1.82) is 0 Å². The molecule has 100 valence electrons. The molecule has 3 unspecified atom stereocenters. The summed E-state index contributed by atoms with van der Waals surface area (Å²) >= 11 is 0. The zero-order chi connectivity index (χ0) is 12.3. The maximum atomic E-state index is 9.43. The normalized spacial score (nSPS) is 39.7. The van der Waals surface area contributed by atoms with Gasteiger partial charge in [-0.05, 0) is 38.6 Å². The Morgan fingerprint density at radius 3 is 3.06 bits per heavy atom. The topological polar surface area (TPSA) is 58.7 Å². The van der Waals surface area contributed by atoms with E-state index in [1.54, 1.807) is 0 Å². The minimum absolute atomic E-state index is 0.135. The van der Waals surface area contributed by atoms with Gasteiger partial charge < -0.3 is 15.6 Å². The molecule has 4 nitrogen and oxygen atoms in total. The molecule has 0 aromatic rings. The van der Waals surface area contributed by atoms with E-state index < -0.39 is 0 Å². The first-order valence-electron chi connectivity index (χ1n) is 6.87. The van der Waals surface area contributed by atoms with Crippen molar-refractivity contribution in [3.05, 3.63) is 0 Å². The van der Waals surface area contributed by atoms with E-state index in [0.717, 1.165) is 39.1 Å². The second kappa shape index (κ2) is 5.65. The maximum absolute atomic E-state index is 9.43. The highest BCUT2D eigenvalue weighted by Gasteiger charge is 2.38. The van der Waals surface area contributed by atoms with Gasteiger partial charge in [-0.1, -0.05) is 6.42 Å². The van der Waals surface area contributed by atoms with E-state index in [-0.39, 0.29) is 12.1 Å². The summed E-state index contributed by atoms with van der Waals surface area (Å²) in [5, 5.41) is 9.43. The van der Waals surface area contributed by atoms with Crippen LogP contribution in [0.15, 0.2) is 0 Å². The Hall–Kier alpha value is -0.160. The number of hydrogen-bond donors (Lipinski definition) is 2. The average molecular weight is 242 g/mol. The Labute approximate surface area is 104 Å². The van der Waals surface area contributed by atoms with Gasteiger partial charge in [-0.2, -0.15) is 0 Å². The van der Waals surface area contributed by atoms with Crippen LogP contribution in [-0.2, 0) is 4.74 Å². The second-order valence-electron chi connectivity index (χ2n) is 5.73. The van der Waals surface area contributed by atoms with Crippen LogP contribution in [0.25, 0.3) is 0 Å². The van der Waals surface area contributed by atoms with Gasteiger partial charge in [0.05, 0.1) is 19.8 Å². The largest absolute Gasteiger partial charge is 0.394 e. The number of nitrogens with zero attached hydrogens (tertiary/aromatic N) is 1. The lowest BCUT2D eigenvalue weighted by Crippen LogP contribution is -2.49. The molecule has 1 heterocycles. The van der Waals surface area contributed by atoms with E-state index in [2.05, 4.69) is 11.8 Å². The fraction of sp³-hybridized carbons (Fsp3) is 1.00. The molecule has 17 heavy (non-hydrogen) atoms. The zero-order valence-corrected chi connectivity index (χ0v) is 10.9. The molecule has 3 N–H and O–H groups in total. The Bertz CT molecular complexity index is 250. The van der Waals surface area contributed by atoms with Gasteiger partial charge in [-0.3, -0.25) is 4.90 Å². The first kappa shape index (κ1) is 13.3. The monoisotopic (exact) mass is 242 g/mol. The molecular weight excluding hydrogens is 216 g/mol. The standard InChI is InChI=1S/C13H26N2O2/c1-11-9-17-8-7-15(11)6-4-12-3-2-5-13(12,14)10-16/h11-12,16H,2-10,14H2,1H3. The van der Waals surface area contributed by atoms with E-state index in [1.165, 1.54) is 12.8 Å². The lowest BCUT2D eigenvalue weighted by Gasteiger charge is -2.36. The molecule has 1 aliphatic carbocycles. The van der Waals surface area contributed by atoms with E-state index in [1.807, 2.05) is 0 Å².